The molecule has 2 heterocycles. The molecule has 1 aliphatic heterocycles. The molecular weight excluding hydrogens is 498 g/mol. The number of piperidine rings is 1. The predicted molar refractivity (Wildman–Crippen MR) is 152 cm³/mol. The molecule has 38 heavy (non-hydrogen) atoms. The van der Waals surface area contributed by atoms with Crippen LogP contribution in [-0.2, 0) is 11.2 Å². The summed E-state index contributed by atoms with van der Waals surface area (Å²) < 4.78 is 11.1. The van der Waals surface area contributed by atoms with Crippen LogP contribution in [0.2, 0.25) is 5.02 Å². The van der Waals surface area contributed by atoms with Crippen molar-refractivity contribution >= 4 is 29.1 Å². The van der Waals surface area contributed by atoms with Gasteiger partial charge >= 0.3 is 6.09 Å². The lowest BCUT2D eigenvalue weighted by Crippen LogP contribution is -2.29. The lowest BCUT2D eigenvalue weighted by Gasteiger charge is -2.28. The number of carbonyl (C=O) groups is 1. The molecule has 7 heteroatoms. The maximum atomic E-state index is 12.7. The average molecular weight is 530 g/mol. The minimum Gasteiger partial charge on any atom is -0.441 e. The Morgan fingerprint density at radius 2 is 1.66 bits per heavy atom. The van der Waals surface area contributed by atoms with E-state index < -0.39 is 12.2 Å². The molecule has 1 N–H and O–H groups in total. The number of hydrogen-bond acceptors (Lipinski definition) is 5. The second-order valence-electron chi connectivity index (χ2n) is 9.75. The number of nitrogens with one attached hydrogen (secondary N) is 1. The van der Waals surface area contributed by atoms with E-state index in [2.05, 4.69) is 51.8 Å². The van der Waals surface area contributed by atoms with Crippen molar-refractivity contribution in [2.45, 2.75) is 45.6 Å². The Balaban J connectivity index is 1.23. The van der Waals surface area contributed by atoms with Crippen molar-refractivity contribution in [2.75, 3.05) is 23.3 Å². The van der Waals surface area contributed by atoms with E-state index in [9.17, 15) is 4.79 Å². The van der Waals surface area contributed by atoms with Crippen molar-refractivity contribution in [3.05, 3.63) is 100 Å². The molecule has 1 saturated heterocycles. The number of amides is 1. The fourth-order valence-corrected chi connectivity index (χ4v) is 5.15. The topological polar surface area (TPSA) is 67.6 Å². The van der Waals surface area contributed by atoms with Crippen LogP contribution in [0, 0.1) is 6.92 Å². The Morgan fingerprint density at radius 3 is 2.34 bits per heavy atom. The SMILES string of the molecule is Cc1noc(-c2ccc(Cc3ccc(N4CCCCC4)cc3)cc2)c1NC(=O)OC(C)c1ccccc1Cl. The van der Waals surface area contributed by atoms with Gasteiger partial charge in [-0.1, -0.05) is 71.4 Å². The molecule has 0 spiro atoms. The maximum absolute atomic E-state index is 12.7. The van der Waals surface area contributed by atoms with Crippen molar-refractivity contribution in [3.63, 3.8) is 0 Å². The van der Waals surface area contributed by atoms with Crippen LogP contribution in [0.5, 0.6) is 0 Å². The van der Waals surface area contributed by atoms with E-state index in [0.29, 0.717) is 22.2 Å². The van der Waals surface area contributed by atoms with Crippen LogP contribution in [0.15, 0.2) is 77.3 Å². The number of carbonyl (C=O) groups excluding carboxylic acids is 1. The van der Waals surface area contributed by atoms with Gasteiger partial charge in [-0.2, -0.15) is 0 Å². The molecular formula is C31H32ClN3O3. The summed E-state index contributed by atoms with van der Waals surface area (Å²) in [5.41, 5.74) is 6.39. The van der Waals surface area contributed by atoms with Crippen molar-refractivity contribution < 1.29 is 14.1 Å². The predicted octanol–water partition coefficient (Wildman–Crippen LogP) is 8.19. The quantitative estimate of drug-likeness (QED) is 0.261. The number of benzene rings is 3. The van der Waals surface area contributed by atoms with Crippen LogP contribution < -0.4 is 10.2 Å². The Morgan fingerprint density at radius 1 is 1.00 bits per heavy atom. The van der Waals surface area contributed by atoms with Crippen LogP contribution >= 0.6 is 11.6 Å². The summed E-state index contributed by atoms with van der Waals surface area (Å²) in [6.07, 6.45) is 3.61. The van der Waals surface area contributed by atoms with Crippen LogP contribution in [-0.4, -0.2) is 24.3 Å². The van der Waals surface area contributed by atoms with Gasteiger partial charge in [-0.05, 0) is 68.9 Å². The van der Waals surface area contributed by atoms with Crippen molar-refractivity contribution in [3.8, 4) is 11.3 Å². The monoisotopic (exact) mass is 529 g/mol. The van der Waals surface area contributed by atoms with Gasteiger partial charge < -0.3 is 14.2 Å². The van der Waals surface area contributed by atoms with Crippen LogP contribution in [0.3, 0.4) is 0 Å². The standard InChI is InChI=1S/C31H32ClN3O3/c1-21-29(33-31(36)37-22(2)27-8-4-5-9-28(27)32)30(38-34-21)25-14-10-23(11-15-25)20-24-12-16-26(17-13-24)35-18-6-3-7-19-35/h4-5,8-17,22H,3,6-7,18-20H2,1-2H3,(H,33,36). The van der Waals surface area contributed by atoms with Crippen molar-refractivity contribution in [1.82, 2.24) is 5.16 Å². The maximum Gasteiger partial charge on any atom is 0.412 e. The highest BCUT2D eigenvalue weighted by atomic mass is 35.5. The molecule has 196 valence electrons. The van der Waals surface area contributed by atoms with Crippen LogP contribution in [0.4, 0.5) is 16.2 Å². The highest BCUT2D eigenvalue weighted by Crippen LogP contribution is 2.32. The second kappa shape index (κ2) is 11.7. The Bertz CT molecular complexity index is 1380. The van der Waals surface area contributed by atoms with Crippen molar-refractivity contribution in [2.24, 2.45) is 0 Å². The third kappa shape index (κ3) is 6.03. The van der Waals surface area contributed by atoms with Gasteiger partial charge in [0.2, 0.25) is 0 Å². The number of hydrogen-bond donors (Lipinski definition) is 1. The Hall–Kier alpha value is -3.77. The first-order chi connectivity index (χ1) is 18.5. The molecule has 1 aliphatic rings. The number of anilines is 2. The number of aromatic nitrogens is 1. The van der Waals surface area contributed by atoms with E-state index in [0.717, 1.165) is 30.6 Å². The molecule has 3 aromatic carbocycles. The number of nitrogens with zero attached hydrogens (tertiary/aromatic N) is 2. The molecule has 0 aliphatic carbocycles. The third-order valence-corrected chi connectivity index (χ3v) is 7.34. The molecule has 1 aromatic heterocycles. The zero-order valence-electron chi connectivity index (χ0n) is 21.7. The fraction of sp³-hybridized carbons (Fsp3) is 0.290. The highest BCUT2D eigenvalue weighted by molar-refractivity contribution is 6.31. The molecule has 1 amide bonds. The van der Waals surface area contributed by atoms with Gasteiger partial charge in [-0.15, -0.1) is 0 Å². The van der Waals surface area contributed by atoms with Gasteiger partial charge in [0.05, 0.1) is 0 Å². The van der Waals surface area contributed by atoms with E-state index in [1.165, 1.54) is 36.1 Å². The molecule has 1 atom stereocenters. The Kier molecular flexibility index (Phi) is 7.99. The molecule has 5 rings (SSSR count). The molecule has 0 radical (unpaired) electrons. The van der Waals surface area contributed by atoms with Gasteiger partial charge in [0.1, 0.15) is 17.5 Å². The normalized spacial score (nSPS) is 14.2. The summed E-state index contributed by atoms with van der Waals surface area (Å²) >= 11 is 6.24. The van der Waals surface area contributed by atoms with E-state index in [1.807, 2.05) is 30.3 Å². The number of halogens is 1. The summed E-state index contributed by atoms with van der Waals surface area (Å²) in [4.78, 5) is 15.1. The number of aryl methyl sites for hydroxylation is 1. The van der Waals surface area contributed by atoms with Crippen LogP contribution in [0.25, 0.3) is 11.3 Å². The average Bonchev–Trinajstić information content (AvgIpc) is 3.29. The number of ether oxygens (including phenoxy) is 1. The summed E-state index contributed by atoms with van der Waals surface area (Å²) in [6.45, 7) is 5.86. The van der Waals surface area contributed by atoms with Gasteiger partial charge in [0.25, 0.3) is 0 Å². The summed E-state index contributed by atoms with van der Waals surface area (Å²) in [5, 5.41) is 7.41. The largest absolute Gasteiger partial charge is 0.441 e. The zero-order valence-corrected chi connectivity index (χ0v) is 22.5. The molecule has 4 aromatic rings. The van der Waals surface area contributed by atoms with E-state index in [4.69, 9.17) is 20.9 Å². The van der Waals surface area contributed by atoms with E-state index >= 15 is 0 Å². The Labute approximate surface area is 228 Å². The fourth-order valence-electron chi connectivity index (χ4n) is 4.86. The van der Waals surface area contributed by atoms with Gasteiger partial charge in [-0.25, -0.2) is 4.79 Å². The summed E-state index contributed by atoms with van der Waals surface area (Å²) in [7, 11) is 0. The first-order valence-corrected chi connectivity index (χ1v) is 13.5. The summed E-state index contributed by atoms with van der Waals surface area (Å²) in [6, 6.07) is 24.3. The minimum atomic E-state index is -0.602. The molecule has 1 fully saturated rings. The number of rotatable bonds is 7. The van der Waals surface area contributed by atoms with Gasteiger partial charge in [0.15, 0.2) is 5.76 Å². The third-order valence-electron chi connectivity index (χ3n) is 7.00. The lowest BCUT2D eigenvalue weighted by molar-refractivity contribution is 0.121. The zero-order chi connectivity index (χ0) is 26.5. The molecule has 0 bridgehead atoms. The lowest BCUT2D eigenvalue weighted by atomic mass is 10.0. The molecule has 0 saturated carbocycles. The van der Waals surface area contributed by atoms with Crippen molar-refractivity contribution in [1.29, 1.82) is 0 Å². The minimum absolute atomic E-state index is 0.488. The highest BCUT2D eigenvalue weighted by Gasteiger charge is 2.20. The summed E-state index contributed by atoms with van der Waals surface area (Å²) in [5.74, 6) is 0.488. The van der Waals surface area contributed by atoms with Gasteiger partial charge in [-0.3, -0.25) is 5.32 Å². The smallest absolute Gasteiger partial charge is 0.412 e. The van der Waals surface area contributed by atoms with Crippen LogP contribution in [0.1, 0.15) is 54.7 Å². The first kappa shape index (κ1) is 25.9. The molecule has 6 nitrogen and oxygen atoms in total. The first-order valence-electron chi connectivity index (χ1n) is 13.1. The van der Waals surface area contributed by atoms with Gasteiger partial charge in [0, 0.05) is 34.9 Å². The van der Waals surface area contributed by atoms with E-state index in [-0.39, 0.29) is 0 Å². The van der Waals surface area contributed by atoms with E-state index in [1.54, 1.807) is 19.9 Å². The molecule has 1 unspecified atom stereocenters. The second-order valence-corrected chi connectivity index (χ2v) is 10.2.